The molecule has 0 aliphatic carbocycles. The van der Waals surface area contributed by atoms with Gasteiger partial charge in [0.15, 0.2) is 0 Å². The van der Waals surface area contributed by atoms with E-state index < -0.39 is 0 Å². The van der Waals surface area contributed by atoms with E-state index in [9.17, 15) is 0 Å². The van der Waals surface area contributed by atoms with Crippen LogP contribution in [0.2, 0.25) is 5.02 Å². The fraction of sp³-hybridized carbons (Fsp3) is 0. The lowest BCUT2D eigenvalue weighted by molar-refractivity contribution is 1.59. The van der Waals surface area contributed by atoms with E-state index in [-0.39, 0.29) is 47.7 Å². The summed E-state index contributed by atoms with van der Waals surface area (Å²) in [6.07, 6.45) is 0. The molecule has 7 rings (SSSR count). The minimum atomic E-state index is -0.373. The van der Waals surface area contributed by atoms with Gasteiger partial charge in [-0.15, -0.1) is 11.3 Å². The Morgan fingerprint density at radius 1 is 0.556 bits per heavy atom. The van der Waals surface area contributed by atoms with Crippen LogP contribution >= 0.6 is 22.9 Å². The van der Waals surface area contributed by atoms with Crippen molar-refractivity contribution in [1.29, 1.82) is 0 Å². The van der Waals surface area contributed by atoms with E-state index in [0.29, 0.717) is 30.9 Å². The molecular weight excluding hydrogens is 476 g/mol. The Hall–Kier alpha value is -3.91. The van der Waals surface area contributed by atoms with Crippen LogP contribution in [-0.4, -0.2) is 0 Å². The molecule has 7 aromatic rings. The second-order valence-electron chi connectivity index (χ2n) is 8.56. The third-order valence-corrected chi connectivity index (χ3v) is 7.70. The molecular formula is C34H21ClS. The first-order chi connectivity index (χ1) is 20.7. The van der Waals surface area contributed by atoms with E-state index in [2.05, 4.69) is 0 Å². The van der Waals surface area contributed by atoms with Gasteiger partial charge in [-0.3, -0.25) is 0 Å². The third kappa shape index (κ3) is 3.52. The number of halogens is 1. The molecule has 0 spiro atoms. The van der Waals surface area contributed by atoms with Crippen LogP contribution in [0.3, 0.4) is 0 Å². The largest absolute Gasteiger partial charge is 0.135 e. The average molecular weight is 504 g/mol. The Bertz CT molecular complexity index is 2280. The van der Waals surface area contributed by atoms with Crippen molar-refractivity contribution in [3.8, 4) is 33.4 Å². The van der Waals surface area contributed by atoms with E-state index in [1.807, 2.05) is 84.9 Å². The van der Waals surface area contributed by atoms with Gasteiger partial charge in [-0.25, -0.2) is 0 Å². The number of rotatable bonds is 3. The first kappa shape index (κ1) is 15.3. The van der Waals surface area contributed by atoms with Crippen molar-refractivity contribution in [2.45, 2.75) is 0 Å². The van der Waals surface area contributed by atoms with Crippen LogP contribution in [0.5, 0.6) is 0 Å². The summed E-state index contributed by atoms with van der Waals surface area (Å²) in [6.45, 7) is 0. The highest BCUT2D eigenvalue weighted by Gasteiger charge is 2.16. The molecule has 0 aliphatic heterocycles. The van der Waals surface area contributed by atoms with Crippen LogP contribution in [0.1, 0.15) is 9.60 Å². The molecule has 0 saturated heterocycles. The normalized spacial score (nSPS) is 14.2. The van der Waals surface area contributed by atoms with Gasteiger partial charge in [0.1, 0.15) is 0 Å². The van der Waals surface area contributed by atoms with Gasteiger partial charge in [0.05, 0.1) is 9.60 Å². The fourth-order valence-electron chi connectivity index (χ4n) is 4.86. The summed E-state index contributed by atoms with van der Waals surface area (Å²) in [6, 6.07) is 25.8. The van der Waals surface area contributed by atoms with Gasteiger partial charge in [-0.05, 0) is 74.4 Å². The molecule has 0 amide bonds. The molecule has 1 heterocycles. The van der Waals surface area contributed by atoms with Crippen LogP contribution in [0, 0.1) is 0 Å². The Balaban J connectivity index is 1.63. The molecule has 6 aromatic carbocycles. The van der Waals surface area contributed by atoms with Gasteiger partial charge in [0.25, 0.3) is 0 Å². The van der Waals surface area contributed by atoms with Gasteiger partial charge < -0.3 is 0 Å². The topological polar surface area (TPSA) is 0 Å². The highest BCUT2D eigenvalue weighted by Crippen LogP contribution is 2.44. The van der Waals surface area contributed by atoms with Gasteiger partial charge in [0.2, 0.25) is 0 Å². The zero-order valence-corrected chi connectivity index (χ0v) is 20.4. The first-order valence-corrected chi connectivity index (χ1v) is 12.7. The maximum Gasteiger partial charge on any atom is 0.0638 e. The molecule has 0 nitrogen and oxygen atoms in total. The van der Waals surface area contributed by atoms with Crippen molar-refractivity contribution >= 4 is 53.9 Å². The molecule has 0 radical (unpaired) electrons. The summed E-state index contributed by atoms with van der Waals surface area (Å²) in [4.78, 5) is 0. The number of benzene rings is 6. The van der Waals surface area contributed by atoms with E-state index in [1.54, 1.807) is 0 Å². The summed E-state index contributed by atoms with van der Waals surface area (Å²) in [5.41, 5.74) is 4.52. The molecule has 0 fully saturated rings. The van der Waals surface area contributed by atoms with Gasteiger partial charge in [-0.1, -0.05) is 109 Å². The Morgan fingerprint density at radius 3 is 2.28 bits per heavy atom. The van der Waals surface area contributed by atoms with E-state index in [4.69, 9.17) is 21.2 Å². The number of hydrogen-bond donors (Lipinski definition) is 0. The summed E-state index contributed by atoms with van der Waals surface area (Å²) >= 11 is 7.62. The molecule has 0 saturated carbocycles. The van der Waals surface area contributed by atoms with Crippen molar-refractivity contribution in [3.63, 3.8) is 0 Å². The fourth-order valence-corrected chi connectivity index (χ4v) is 6.06. The van der Waals surface area contributed by atoms with Gasteiger partial charge in [-0.2, -0.15) is 0 Å². The van der Waals surface area contributed by atoms with Crippen molar-refractivity contribution < 1.29 is 9.60 Å². The predicted octanol–water partition coefficient (Wildman–Crippen LogP) is 10.9. The summed E-state index contributed by atoms with van der Waals surface area (Å²) in [7, 11) is 0. The molecule has 1 aromatic heterocycles. The number of thiophene rings is 1. The van der Waals surface area contributed by atoms with Crippen LogP contribution in [-0.2, 0) is 0 Å². The lowest BCUT2D eigenvalue weighted by atomic mass is 9.88. The molecule has 0 unspecified atom stereocenters. The smallest absolute Gasteiger partial charge is 0.0638 e. The molecule has 36 heavy (non-hydrogen) atoms. The highest BCUT2D eigenvalue weighted by atomic mass is 35.5. The third-order valence-electron chi connectivity index (χ3n) is 6.46. The van der Waals surface area contributed by atoms with Crippen LogP contribution < -0.4 is 0 Å². The van der Waals surface area contributed by atoms with Crippen molar-refractivity contribution in [3.05, 3.63) is 132 Å². The molecule has 0 N–H and O–H groups in total. The maximum absolute atomic E-state index is 9.09. The number of fused-ring (bicyclic) bond motifs is 4. The second kappa shape index (κ2) is 8.64. The molecule has 170 valence electrons. The van der Waals surface area contributed by atoms with Crippen molar-refractivity contribution in [1.82, 2.24) is 0 Å². The first-order valence-electron chi connectivity index (χ1n) is 15.0. The molecule has 2 heteroatoms. The Morgan fingerprint density at radius 2 is 1.36 bits per heavy atom. The molecule has 0 bridgehead atoms. The lowest BCUT2D eigenvalue weighted by Gasteiger charge is -2.16. The summed E-state index contributed by atoms with van der Waals surface area (Å²) < 4.78 is 61.0. The minimum Gasteiger partial charge on any atom is -0.135 e. The quantitative estimate of drug-likeness (QED) is 0.225. The van der Waals surface area contributed by atoms with Crippen molar-refractivity contribution in [2.24, 2.45) is 0 Å². The van der Waals surface area contributed by atoms with Crippen LogP contribution in [0.15, 0.2) is 127 Å². The average Bonchev–Trinajstić information content (AvgIpc) is 3.42. The lowest BCUT2D eigenvalue weighted by Crippen LogP contribution is -1.89. The highest BCUT2D eigenvalue weighted by molar-refractivity contribution is 7.25. The van der Waals surface area contributed by atoms with Gasteiger partial charge in [0, 0.05) is 25.2 Å². The zero-order valence-electron chi connectivity index (χ0n) is 25.9. The Labute approximate surface area is 228 Å². The summed E-state index contributed by atoms with van der Waals surface area (Å²) in [5.74, 6) is 0. The standard InChI is InChI=1S/C34H21ClS/c35-25-19-23-11-4-5-12-26(23)31(21-25)24-17-18-27(30(20-24)22-9-2-1-3-10-22)28-14-8-16-33-34(28)29-13-6-7-15-32(29)36-33/h1-21H/i6D,7D,8D,13D,14D,15D,16D. The van der Waals surface area contributed by atoms with E-state index in [1.165, 1.54) is 0 Å². The summed E-state index contributed by atoms with van der Waals surface area (Å²) in [5, 5.41) is 3.32. The van der Waals surface area contributed by atoms with E-state index in [0.717, 1.165) is 44.4 Å². The van der Waals surface area contributed by atoms with Crippen LogP contribution in [0.25, 0.3) is 64.3 Å². The second-order valence-corrected chi connectivity index (χ2v) is 10.0. The van der Waals surface area contributed by atoms with Gasteiger partial charge >= 0.3 is 0 Å². The monoisotopic (exact) mass is 503 g/mol. The molecule has 0 aliphatic rings. The maximum atomic E-state index is 9.09. The van der Waals surface area contributed by atoms with E-state index >= 15 is 0 Å². The number of hydrogen-bond acceptors (Lipinski definition) is 1. The predicted molar refractivity (Wildman–Crippen MR) is 158 cm³/mol. The minimum absolute atomic E-state index is 0.162. The zero-order chi connectivity index (χ0) is 30.2. The van der Waals surface area contributed by atoms with Crippen molar-refractivity contribution in [2.75, 3.05) is 0 Å². The van der Waals surface area contributed by atoms with Crippen LogP contribution in [0.4, 0.5) is 0 Å². The Kier molecular flexibility index (Phi) is 3.66. The SMILES string of the molecule is [2H]c1c([2H])c([2H])c2c(sc3c([2H])c([2H])c([2H])c(-c4ccc(-c5cc(Cl)cc6ccccc56)cc4-c4ccccc4)c32)c1[2H]. The molecule has 0 atom stereocenters.